The lowest BCUT2D eigenvalue weighted by atomic mass is 10.0. The Kier molecular flexibility index (Phi) is 27.5. The molecule has 37 heteroatoms. The second-order valence-electron chi connectivity index (χ2n) is 27.0. The average molecular weight is 1750 g/mol. The van der Waals surface area contributed by atoms with Crippen molar-refractivity contribution in [3.05, 3.63) is 230 Å². The number of carbonyl (C=O) groups excluding carboxylic acids is 6. The van der Waals surface area contributed by atoms with Crippen molar-refractivity contribution in [2.75, 3.05) is 113 Å². The number of nitrogens with one attached hydrogen (secondary N) is 5. The highest BCUT2D eigenvalue weighted by atomic mass is 35.5. The summed E-state index contributed by atoms with van der Waals surface area (Å²) in [5.74, 6) is 4.05. The van der Waals surface area contributed by atoms with Crippen molar-refractivity contribution in [1.29, 1.82) is 0 Å². The standard InChI is InChI=1S/C29H30Cl2N6O4.C28H26N6O4S.C27H23Cl2N7O4S/c1-4-20(38)13-17-7-5-6-8-21(17)34-28-33-15-18-16-36(26-24(30)22(40-2)14-23(41-3)25(26)31)29(39)37(27(18)35-28)19-9-11-32-12-10-19;1-5-21(35)11-18-10-17(26-29-8-9-39-26)6-7-24(18)31-27-30-15-19-16-34(28(36)33(2)25(19)32-27)20-12-22(37-3)14-23(13-20)38-4;1-4-21(37)32-17-7-5-6-8-18(17)33-26-30-10-15-11-35(24-22(28)19(39-2)9-20(40-3)23(24)29)27(38)36(25(15)34-26)12-16-13-41-14-31-16/h4-8,14-15,19,32H,1,9-13,16H2,2-3H3,(H,33,34,35);5-10,12-15H,1,11,16H2,2-4H3,(H,30,31,32);4-10,13-14H,1,11-12H2,2-3H3,(H,32,37)(H,30,33,34). The van der Waals surface area contributed by atoms with Crippen molar-refractivity contribution in [1.82, 2.24) is 45.2 Å². The first-order chi connectivity index (χ1) is 58.6. The van der Waals surface area contributed by atoms with E-state index in [-0.39, 0.29) is 106 Å². The molecule has 0 spiro atoms. The summed E-state index contributed by atoms with van der Waals surface area (Å²) in [4.78, 5) is 124. The van der Waals surface area contributed by atoms with E-state index >= 15 is 0 Å². The predicted octanol–water partition coefficient (Wildman–Crippen LogP) is 17.0. The van der Waals surface area contributed by atoms with Gasteiger partial charge in [0.05, 0.1) is 108 Å². The normalized spacial score (nSPS) is 13.5. The monoisotopic (exact) mass is 1750 g/mol. The molecular weight excluding hydrogens is 1670 g/mol. The molecule has 4 aliphatic heterocycles. The SMILES string of the molecule is C=CC(=O)Cc1cc(-c2nccs2)ccc1Nc1ncc2c(n1)N(C)C(=O)N(c1cc(OC)cc(OC)c1)C2.C=CC(=O)Cc1ccccc1Nc1ncc2c(n1)N(C1CCNCC1)C(=O)N(c1c(Cl)c(OC)cc(OC)c1Cl)C2.C=CC(=O)Nc1ccccc1Nc1ncc2c(n1)N(Cc1cscn1)C(=O)N(c1c(Cl)c(OC)cc(OC)c1Cl)C2. The topological polar surface area (TPSA) is 341 Å². The Morgan fingerprint density at radius 3 is 1.59 bits per heavy atom. The predicted molar refractivity (Wildman–Crippen MR) is 472 cm³/mol. The summed E-state index contributed by atoms with van der Waals surface area (Å²) >= 11 is 29.7. The first kappa shape index (κ1) is 85.8. The summed E-state index contributed by atoms with van der Waals surface area (Å²) in [6, 6.07) is 27.6. The Morgan fingerprint density at radius 2 is 1.05 bits per heavy atom. The number of urea groups is 3. The van der Waals surface area contributed by atoms with Crippen LogP contribution in [0.15, 0.2) is 176 Å². The number of anilines is 13. The number of rotatable bonds is 27. The molecule has 0 unspecified atom stereocenters. The van der Waals surface area contributed by atoms with Crippen LogP contribution in [0.1, 0.15) is 46.4 Å². The molecule has 5 N–H and O–H groups in total. The molecule has 11 aromatic rings. The van der Waals surface area contributed by atoms with Crippen molar-refractivity contribution in [3.63, 3.8) is 0 Å². The molecule has 9 heterocycles. The number of thiazole rings is 2. The summed E-state index contributed by atoms with van der Waals surface area (Å²) in [7, 11) is 10.7. The van der Waals surface area contributed by atoms with E-state index in [4.69, 9.17) is 79.8 Å². The van der Waals surface area contributed by atoms with Gasteiger partial charge in [0.25, 0.3) is 0 Å². The van der Waals surface area contributed by atoms with Crippen molar-refractivity contribution in [3.8, 4) is 45.1 Å². The van der Waals surface area contributed by atoms with E-state index in [9.17, 15) is 28.8 Å². The van der Waals surface area contributed by atoms with E-state index in [1.165, 1.54) is 88.9 Å². The van der Waals surface area contributed by atoms with Crippen LogP contribution in [0.3, 0.4) is 0 Å². The Balaban J connectivity index is 0.000000157. The van der Waals surface area contributed by atoms with Crippen molar-refractivity contribution >= 4 is 180 Å². The number of fused-ring (bicyclic) bond motifs is 3. The second kappa shape index (κ2) is 38.8. The molecule has 0 atom stereocenters. The molecule has 1 saturated heterocycles. The maximum atomic E-state index is 14.3. The summed E-state index contributed by atoms with van der Waals surface area (Å²) in [5.41, 5.74) is 10.5. The minimum atomic E-state index is -0.437. The number of ether oxygens (including phenoxy) is 6. The number of para-hydroxylation sites is 3. The number of aromatic nitrogens is 8. The molecule has 6 aromatic carbocycles. The molecule has 0 bridgehead atoms. The van der Waals surface area contributed by atoms with Gasteiger partial charge in [-0.2, -0.15) is 15.0 Å². The number of allylic oxidation sites excluding steroid dienone is 2. The zero-order chi connectivity index (χ0) is 85.7. The smallest absolute Gasteiger partial charge is 0.330 e. The molecular formula is C84H79Cl4N19O12S2. The van der Waals surface area contributed by atoms with Crippen molar-refractivity contribution in [2.45, 2.75) is 57.9 Å². The number of methoxy groups -OCH3 is 6. The zero-order valence-corrected chi connectivity index (χ0v) is 70.9. The second-order valence-corrected chi connectivity index (χ2v) is 30.1. The summed E-state index contributed by atoms with van der Waals surface area (Å²) < 4.78 is 32.4. The molecule has 622 valence electrons. The van der Waals surface area contributed by atoms with Crippen LogP contribution in [0, 0.1) is 0 Å². The average Bonchev–Trinajstić information content (AvgIpc) is 0.962. The number of piperidine rings is 1. The molecule has 0 radical (unpaired) electrons. The van der Waals surface area contributed by atoms with Crippen LogP contribution in [-0.2, 0) is 53.4 Å². The molecule has 0 saturated carbocycles. The van der Waals surface area contributed by atoms with Gasteiger partial charge in [-0.15, -0.1) is 22.7 Å². The van der Waals surface area contributed by atoms with Crippen LogP contribution in [0.25, 0.3) is 10.6 Å². The highest BCUT2D eigenvalue weighted by molar-refractivity contribution is 7.13. The number of carbonyl (C=O) groups is 6. The Hall–Kier alpha value is -13.0. The van der Waals surface area contributed by atoms with Gasteiger partial charge in [-0.1, -0.05) is 96.5 Å². The number of ketones is 2. The minimum Gasteiger partial charge on any atom is -0.497 e. The van der Waals surface area contributed by atoms with Gasteiger partial charge in [0.1, 0.15) is 77.0 Å². The van der Waals surface area contributed by atoms with Crippen molar-refractivity contribution < 1.29 is 57.2 Å². The van der Waals surface area contributed by atoms with Gasteiger partial charge in [0.2, 0.25) is 23.8 Å². The van der Waals surface area contributed by atoms with E-state index in [0.29, 0.717) is 109 Å². The maximum absolute atomic E-state index is 14.3. The number of nitrogens with zero attached hydrogens (tertiary/aromatic N) is 14. The van der Waals surface area contributed by atoms with Gasteiger partial charge < -0.3 is 55.0 Å². The lowest BCUT2D eigenvalue weighted by molar-refractivity contribution is -0.114. The van der Waals surface area contributed by atoms with Gasteiger partial charge in [-0.3, -0.25) is 43.8 Å². The molecule has 15 rings (SSSR count). The minimum absolute atomic E-state index is 0.0732. The Labute approximate surface area is 723 Å². The van der Waals surface area contributed by atoms with Crippen LogP contribution in [0.2, 0.25) is 20.1 Å². The number of benzene rings is 6. The summed E-state index contributed by atoms with van der Waals surface area (Å²) in [6.45, 7) is 12.8. The van der Waals surface area contributed by atoms with Gasteiger partial charge >= 0.3 is 18.1 Å². The third kappa shape index (κ3) is 19.0. The molecule has 1 fully saturated rings. The van der Waals surface area contributed by atoms with Gasteiger partial charge in [0.15, 0.2) is 11.6 Å². The van der Waals surface area contributed by atoms with Crippen LogP contribution in [0.4, 0.5) is 89.5 Å². The van der Waals surface area contributed by atoms with E-state index in [1.807, 2.05) is 53.2 Å². The number of amides is 7. The zero-order valence-electron chi connectivity index (χ0n) is 66.3. The summed E-state index contributed by atoms with van der Waals surface area (Å²) in [5, 5.41) is 21.0. The van der Waals surface area contributed by atoms with Gasteiger partial charge in [-0.25, -0.2) is 39.3 Å². The van der Waals surface area contributed by atoms with Gasteiger partial charge in [0, 0.05) is 125 Å². The van der Waals surface area contributed by atoms with Crippen LogP contribution in [-0.4, -0.2) is 144 Å². The molecule has 4 aliphatic rings. The highest BCUT2D eigenvalue weighted by Gasteiger charge is 2.42. The first-order valence-electron chi connectivity index (χ1n) is 37.2. The fraction of sp³-hybridized carbons (Fsp3) is 0.214. The van der Waals surface area contributed by atoms with E-state index < -0.39 is 6.03 Å². The molecule has 121 heavy (non-hydrogen) atoms. The molecule has 7 amide bonds. The number of halogens is 4. The molecule has 0 aliphatic carbocycles. The lowest BCUT2D eigenvalue weighted by Gasteiger charge is -2.42. The van der Waals surface area contributed by atoms with Crippen LogP contribution < -0.4 is 84.4 Å². The van der Waals surface area contributed by atoms with Crippen LogP contribution in [0.5, 0.6) is 34.5 Å². The fourth-order valence-electron chi connectivity index (χ4n) is 13.5. The van der Waals surface area contributed by atoms with Crippen LogP contribution >= 0.6 is 69.1 Å². The van der Waals surface area contributed by atoms with Gasteiger partial charge in [-0.05, 0) is 91.7 Å². The third-order valence-electron chi connectivity index (χ3n) is 19.6. The maximum Gasteiger partial charge on any atom is 0.330 e. The Morgan fingerprint density at radius 1 is 0.545 bits per heavy atom. The summed E-state index contributed by atoms with van der Waals surface area (Å²) in [6.07, 6.45) is 12.3. The quantitative estimate of drug-likeness (QED) is 0.0299. The Bertz CT molecular complexity index is 5710. The molecule has 31 nitrogen and oxygen atoms in total. The van der Waals surface area contributed by atoms with E-state index in [0.717, 1.165) is 58.8 Å². The third-order valence-corrected chi connectivity index (χ3v) is 22.5. The number of hydrogen-bond donors (Lipinski definition) is 5. The molecule has 5 aromatic heterocycles. The fourth-order valence-corrected chi connectivity index (χ4v) is 16.1. The first-order valence-corrected chi connectivity index (χ1v) is 40.5. The van der Waals surface area contributed by atoms with E-state index in [1.54, 1.807) is 116 Å². The number of hydrogen-bond acceptors (Lipinski definition) is 26. The van der Waals surface area contributed by atoms with E-state index in [2.05, 4.69) is 81.2 Å². The highest BCUT2D eigenvalue weighted by Crippen LogP contribution is 2.51. The largest absolute Gasteiger partial charge is 0.497 e. The lowest BCUT2D eigenvalue weighted by Crippen LogP contribution is -2.55. The van der Waals surface area contributed by atoms with Crippen molar-refractivity contribution in [2.24, 2.45) is 0 Å².